The van der Waals surface area contributed by atoms with Gasteiger partial charge in [-0.15, -0.1) is 5.48 Å². The van der Waals surface area contributed by atoms with Gasteiger partial charge in [0.2, 0.25) is 0 Å². The molecule has 0 aromatic heterocycles. The smallest absolute Gasteiger partial charge is 0.387 e. The van der Waals surface area contributed by atoms with Crippen LogP contribution in [-0.2, 0) is 41.3 Å². The van der Waals surface area contributed by atoms with Crippen molar-refractivity contribution in [2.24, 2.45) is 10.7 Å². The van der Waals surface area contributed by atoms with E-state index in [1.54, 1.807) is 0 Å². The highest BCUT2D eigenvalue weighted by molar-refractivity contribution is 7.66. The van der Waals surface area contributed by atoms with E-state index in [9.17, 15) is 33.7 Å². The average Bonchev–Trinajstić information content (AvgIpc) is 3.55. The predicted octanol–water partition coefficient (Wildman–Crippen LogP) is -4.10. The van der Waals surface area contributed by atoms with Crippen LogP contribution < -0.4 is 16.5 Å². The molecule has 24 heteroatoms. The summed E-state index contributed by atoms with van der Waals surface area (Å²) >= 11 is 0. The van der Waals surface area contributed by atoms with Gasteiger partial charge in [0.05, 0.1) is 6.61 Å². The van der Waals surface area contributed by atoms with E-state index in [0.717, 1.165) is 0 Å². The largest absolute Gasteiger partial charge is 0.490 e. The van der Waals surface area contributed by atoms with Crippen LogP contribution in [0.25, 0.3) is 0 Å². The predicted molar refractivity (Wildman–Crippen MR) is 97.8 cm³/mol. The van der Waals surface area contributed by atoms with Gasteiger partial charge in [-0.3, -0.25) is 9.42 Å². The maximum atomic E-state index is 11.9. The molecule has 0 aromatic carbocycles. The Bertz CT molecular complexity index is 1110. The second kappa shape index (κ2) is 7.64. The molecule has 0 saturated carbocycles. The van der Waals surface area contributed by atoms with Crippen LogP contribution >= 0.6 is 23.5 Å². The average molecular weight is 554 g/mol. The number of hydrogen-bond donors (Lipinski definition) is 9. The molecule has 8 atom stereocenters. The Morgan fingerprint density at radius 2 is 1.79 bits per heavy atom. The number of phosphoric ester groups is 1. The van der Waals surface area contributed by atoms with Crippen molar-refractivity contribution in [2.45, 2.75) is 36.7 Å². The zero-order chi connectivity index (χ0) is 24.8. The number of hydrogen-bond acceptors (Lipinski definition) is 17. The second-order valence-corrected chi connectivity index (χ2v) is 11.7. The Labute approximate surface area is 187 Å². The lowest BCUT2D eigenvalue weighted by Gasteiger charge is -2.31. The first-order valence-electron chi connectivity index (χ1n) is 8.98. The Kier molecular flexibility index (Phi) is 5.50. The number of nitrogens with one attached hydrogen (secondary N) is 2. The van der Waals surface area contributed by atoms with Gasteiger partial charge in [-0.05, 0) is 0 Å². The van der Waals surface area contributed by atoms with Crippen molar-refractivity contribution in [1.29, 1.82) is 0 Å². The topological polar surface area (TPSA) is 313 Å². The normalized spacial score (nSPS) is 39.8. The SMILES string of the molecule is NC1=N[C@@]2(NO2)C2=C(N1)N([C@@H]1O[C@H](COP(=O)(O)OP(=O)(O)OP(=O)(O)O)[C@@H](O)[C@H]1O)[C@H]1ON21. The minimum atomic E-state index is -5.72. The highest BCUT2D eigenvalue weighted by Crippen LogP contribution is 2.66. The zero-order valence-corrected chi connectivity index (χ0v) is 18.9. The summed E-state index contributed by atoms with van der Waals surface area (Å²) in [6.07, 6.45) is -6.93. The first-order chi connectivity index (χ1) is 15.6. The summed E-state index contributed by atoms with van der Waals surface area (Å²) in [5, 5.41) is 25.0. The Hall–Kier alpha value is -1.22. The summed E-state index contributed by atoms with van der Waals surface area (Å²) < 4.78 is 51.2. The van der Waals surface area contributed by atoms with Crippen LogP contribution in [0.4, 0.5) is 0 Å². The molecule has 3 fully saturated rings. The van der Waals surface area contributed by atoms with Crippen molar-refractivity contribution >= 4 is 29.4 Å². The van der Waals surface area contributed by atoms with Crippen LogP contribution in [-0.4, -0.2) is 89.1 Å². The number of ether oxygens (including phenoxy) is 1. The van der Waals surface area contributed by atoms with E-state index >= 15 is 0 Å². The lowest BCUT2D eigenvalue weighted by atomic mass is 10.1. The Morgan fingerprint density at radius 3 is 2.41 bits per heavy atom. The number of nitrogens with zero attached hydrogens (tertiary/aromatic N) is 3. The Balaban J connectivity index is 1.25. The quantitative estimate of drug-likeness (QED) is 0.102. The van der Waals surface area contributed by atoms with Crippen molar-refractivity contribution in [3.8, 4) is 0 Å². The molecule has 0 radical (unpaired) electrons. The lowest BCUT2D eigenvalue weighted by Crippen LogP contribution is -2.51. The number of rotatable bonds is 8. The molecule has 5 aliphatic rings. The molecule has 5 aliphatic heterocycles. The fourth-order valence-electron chi connectivity index (χ4n) is 3.56. The molecule has 5 heterocycles. The van der Waals surface area contributed by atoms with Crippen LogP contribution in [0.1, 0.15) is 0 Å². The molecule has 10 N–H and O–H groups in total. The summed E-state index contributed by atoms with van der Waals surface area (Å²) in [7, 11) is -16.8. The number of fused-ring (bicyclic) bond motifs is 3. The molecule has 0 aliphatic carbocycles. The number of guanidine groups is 1. The molecule has 34 heavy (non-hydrogen) atoms. The van der Waals surface area contributed by atoms with Gasteiger partial charge in [0.1, 0.15) is 24.1 Å². The van der Waals surface area contributed by atoms with Gasteiger partial charge in [-0.1, -0.05) is 0 Å². The van der Waals surface area contributed by atoms with E-state index in [-0.39, 0.29) is 11.8 Å². The number of aliphatic hydroxyl groups excluding tert-OH is 2. The first-order valence-corrected chi connectivity index (χ1v) is 13.5. The van der Waals surface area contributed by atoms with Gasteiger partial charge in [0.15, 0.2) is 17.9 Å². The van der Waals surface area contributed by atoms with E-state index in [0.29, 0.717) is 5.70 Å². The van der Waals surface area contributed by atoms with Crippen molar-refractivity contribution in [3.63, 3.8) is 0 Å². The summed E-state index contributed by atoms with van der Waals surface area (Å²) in [5.74, 6) is -1.08. The fourth-order valence-corrected chi connectivity index (χ4v) is 6.58. The van der Waals surface area contributed by atoms with Crippen molar-refractivity contribution < 1.29 is 71.0 Å². The maximum absolute atomic E-state index is 11.9. The summed E-state index contributed by atoms with van der Waals surface area (Å²) in [5.41, 5.74) is 8.66. The van der Waals surface area contributed by atoms with Gasteiger partial charge < -0.3 is 45.6 Å². The summed E-state index contributed by atoms with van der Waals surface area (Å²) in [4.78, 5) is 51.8. The minimum Gasteiger partial charge on any atom is -0.387 e. The molecule has 5 rings (SSSR count). The van der Waals surface area contributed by atoms with E-state index in [1.165, 1.54) is 9.96 Å². The van der Waals surface area contributed by atoms with E-state index < -0.39 is 66.8 Å². The van der Waals surface area contributed by atoms with Gasteiger partial charge in [0, 0.05) is 0 Å². The van der Waals surface area contributed by atoms with E-state index in [4.69, 9.17) is 29.9 Å². The van der Waals surface area contributed by atoms with Crippen molar-refractivity contribution in [1.82, 2.24) is 20.8 Å². The molecule has 0 bridgehead atoms. The third-order valence-electron chi connectivity index (χ3n) is 4.87. The van der Waals surface area contributed by atoms with Crippen LogP contribution in [0.5, 0.6) is 0 Å². The molecular weight excluding hydrogens is 537 g/mol. The summed E-state index contributed by atoms with van der Waals surface area (Å²) in [6.45, 7) is -0.973. The third kappa shape index (κ3) is 4.40. The standard InChI is InChI=1S/C10H17N6O15P3/c11-8-12-6-5(10(13-8)14-29-10)16-9(28-16)15(6)7-4(18)3(17)2(27-7)1-26-33(22,23)31-34(24,25)30-32(19,20)21/h2-4,7,9,14,17-18H,1H2,(H,22,23)(H,24,25)(H3,11,12,13)(H2,19,20,21)/t2-,3-,4-,7-,9-,10-,16?/m1/s1. The van der Waals surface area contributed by atoms with Crippen LogP contribution in [0.2, 0.25) is 0 Å². The molecule has 2 unspecified atom stereocenters. The number of nitrogens with two attached hydrogens (primary N) is 1. The van der Waals surface area contributed by atoms with Gasteiger partial charge in [0.25, 0.3) is 6.35 Å². The first kappa shape index (κ1) is 24.5. The monoisotopic (exact) mass is 554 g/mol. The number of hydroxylamine groups is 3. The lowest BCUT2D eigenvalue weighted by molar-refractivity contribution is -0.0981. The maximum Gasteiger partial charge on any atom is 0.490 e. The summed E-state index contributed by atoms with van der Waals surface area (Å²) in [6, 6.07) is 0. The molecule has 0 aromatic rings. The van der Waals surface area contributed by atoms with Crippen molar-refractivity contribution in [3.05, 3.63) is 11.5 Å². The van der Waals surface area contributed by atoms with Gasteiger partial charge in [-0.2, -0.15) is 18.7 Å². The van der Waals surface area contributed by atoms with E-state index in [2.05, 4.69) is 28.9 Å². The van der Waals surface area contributed by atoms with Crippen LogP contribution in [0.3, 0.4) is 0 Å². The minimum absolute atomic E-state index is 0.0477. The third-order valence-corrected chi connectivity index (χ3v) is 8.68. The Morgan fingerprint density at radius 1 is 1.12 bits per heavy atom. The van der Waals surface area contributed by atoms with Crippen LogP contribution in [0.15, 0.2) is 16.5 Å². The second-order valence-electron chi connectivity index (χ2n) is 7.27. The van der Waals surface area contributed by atoms with Gasteiger partial charge in [-0.25, -0.2) is 23.4 Å². The molecule has 192 valence electrons. The van der Waals surface area contributed by atoms with Crippen molar-refractivity contribution in [2.75, 3.05) is 6.61 Å². The molecular formula is C10H17N6O15P3. The zero-order valence-electron chi connectivity index (χ0n) is 16.2. The van der Waals surface area contributed by atoms with E-state index in [1.807, 2.05) is 0 Å². The highest BCUT2D eigenvalue weighted by Gasteiger charge is 2.69. The molecule has 3 saturated heterocycles. The number of phosphoric acid groups is 3. The molecule has 21 nitrogen and oxygen atoms in total. The fraction of sp³-hybridized carbons (Fsp3) is 0.700. The number of aliphatic hydroxyl groups is 2. The van der Waals surface area contributed by atoms with Crippen LogP contribution in [0, 0.1) is 0 Å². The van der Waals surface area contributed by atoms with Gasteiger partial charge >= 0.3 is 29.3 Å². The molecule has 1 spiro atoms. The highest BCUT2D eigenvalue weighted by atomic mass is 31.3. The number of aliphatic imine (C=N–C) groups is 1. The molecule has 0 amide bonds.